The minimum absolute atomic E-state index is 0.0110. The summed E-state index contributed by atoms with van der Waals surface area (Å²) in [4.78, 5) is 40.1. The van der Waals surface area contributed by atoms with E-state index in [-0.39, 0.29) is 29.1 Å². The van der Waals surface area contributed by atoms with Crippen LogP contribution in [0.4, 0.5) is 24.5 Å². The maximum atomic E-state index is 13.9. The third-order valence-corrected chi connectivity index (χ3v) is 7.35. The van der Waals surface area contributed by atoms with Gasteiger partial charge in [-0.05, 0) is 78.2 Å². The van der Waals surface area contributed by atoms with Crippen molar-refractivity contribution in [3.05, 3.63) is 93.9 Å². The summed E-state index contributed by atoms with van der Waals surface area (Å²) in [6, 6.07) is 13.3. The molecular formula is C32H33F3N4O6. The predicted octanol–water partition coefficient (Wildman–Crippen LogP) is 6.02. The number of hydrogen-bond acceptors (Lipinski definition) is 7. The van der Waals surface area contributed by atoms with E-state index in [1.807, 2.05) is 6.92 Å². The van der Waals surface area contributed by atoms with Crippen LogP contribution in [0.2, 0.25) is 0 Å². The van der Waals surface area contributed by atoms with Gasteiger partial charge in [-0.1, -0.05) is 25.1 Å². The molecule has 4 aromatic rings. The lowest BCUT2D eigenvalue weighted by atomic mass is 9.92. The van der Waals surface area contributed by atoms with Crippen LogP contribution in [0.25, 0.3) is 10.8 Å². The molecule has 6 N–H and O–H groups in total. The van der Waals surface area contributed by atoms with E-state index in [2.05, 4.69) is 20.4 Å². The molecule has 238 valence electrons. The number of aromatic amines is 1. The van der Waals surface area contributed by atoms with Gasteiger partial charge in [-0.15, -0.1) is 13.2 Å². The smallest absolute Gasteiger partial charge is 0.496 e. The normalized spacial score (nSPS) is 13.5. The first-order valence-corrected chi connectivity index (χ1v) is 14.0. The fourth-order valence-corrected chi connectivity index (χ4v) is 5.05. The van der Waals surface area contributed by atoms with E-state index in [4.69, 9.17) is 15.6 Å². The zero-order valence-corrected chi connectivity index (χ0v) is 24.7. The molecule has 1 amide bonds. The molecule has 0 aliphatic rings. The first kappa shape index (κ1) is 32.7. The van der Waals surface area contributed by atoms with Crippen LogP contribution in [0.15, 0.2) is 71.7 Å². The molecule has 45 heavy (non-hydrogen) atoms. The van der Waals surface area contributed by atoms with Crippen LogP contribution < -0.4 is 31.4 Å². The number of aliphatic carboxylic acids is 1. The summed E-state index contributed by atoms with van der Waals surface area (Å²) in [7, 11) is 1.45. The SMILES string of the molecule is COc1cc(C(Nc2ccc3cc[nH]c(=O)c3c2)C(=O)N[C@H](C)c2cc(N)ccc2OC(F)(F)F)ccc1[C@@H](C)CCC(=O)O. The van der Waals surface area contributed by atoms with Crippen molar-refractivity contribution in [3.8, 4) is 11.5 Å². The summed E-state index contributed by atoms with van der Waals surface area (Å²) in [5.74, 6) is -1.80. The fourth-order valence-electron chi connectivity index (χ4n) is 5.05. The molecule has 0 bridgehead atoms. The number of benzene rings is 3. The van der Waals surface area contributed by atoms with E-state index in [0.29, 0.717) is 34.2 Å². The molecule has 0 fully saturated rings. The van der Waals surface area contributed by atoms with Gasteiger partial charge >= 0.3 is 12.3 Å². The second kappa shape index (κ2) is 13.6. The molecule has 1 heterocycles. The van der Waals surface area contributed by atoms with E-state index in [9.17, 15) is 27.6 Å². The van der Waals surface area contributed by atoms with Crippen molar-refractivity contribution in [2.24, 2.45) is 0 Å². The lowest BCUT2D eigenvalue weighted by Crippen LogP contribution is -2.35. The molecule has 0 saturated heterocycles. The number of carboxylic acid groups (broad SMARTS) is 1. The highest BCUT2D eigenvalue weighted by Crippen LogP contribution is 2.35. The molecular weight excluding hydrogens is 593 g/mol. The Kier molecular flexibility index (Phi) is 9.90. The van der Waals surface area contributed by atoms with Gasteiger partial charge in [-0.2, -0.15) is 0 Å². The number of H-pyrrole nitrogens is 1. The molecule has 1 unspecified atom stereocenters. The van der Waals surface area contributed by atoms with Crippen molar-refractivity contribution < 1.29 is 37.3 Å². The fraction of sp³-hybridized carbons (Fsp3) is 0.281. The third-order valence-electron chi connectivity index (χ3n) is 7.35. The highest BCUT2D eigenvalue weighted by Gasteiger charge is 2.33. The molecule has 0 saturated carbocycles. The summed E-state index contributed by atoms with van der Waals surface area (Å²) in [5, 5.41) is 16.0. The number of amides is 1. The van der Waals surface area contributed by atoms with Crippen LogP contribution >= 0.6 is 0 Å². The number of nitrogens with one attached hydrogen (secondary N) is 3. The third kappa shape index (κ3) is 8.25. The average molecular weight is 627 g/mol. The number of carboxylic acids is 1. The summed E-state index contributed by atoms with van der Waals surface area (Å²) in [6.45, 7) is 3.36. The Morgan fingerprint density at radius 1 is 1.00 bits per heavy atom. The zero-order chi connectivity index (χ0) is 32.9. The largest absolute Gasteiger partial charge is 0.573 e. The van der Waals surface area contributed by atoms with Gasteiger partial charge in [0.05, 0.1) is 13.2 Å². The van der Waals surface area contributed by atoms with E-state index < -0.39 is 36.1 Å². The number of nitrogens with two attached hydrogens (primary N) is 1. The number of hydrogen-bond donors (Lipinski definition) is 5. The number of methoxy groups -OCH3 is 1. The van der Waals surface area contributed by atoms with Crippen molar-refractivity contribution in [1.82, 2.24) is 10.3 Å². The number of halogens is 3. The Labute approximate surface area is 256 Å². The summed E-state index contributed by atoms with van der Waals surface area (Å²) < 4.78 is 49.1. The number of aromatic nitrogens is 1. The van der Waals surface area contributed by atoms with Gasteiger partial charge in [0.2, 0.25) is 5.91 Å². The van der Waals surface area contributed by atoms with Gasteiger partial charge in [-0.25, -0.2) is 0 Å². The maximum absolute atomic E-state index is 13.9. The van der Waals surface area contributed by atoms with E-state index in [1.54, 1.807) is 42.5 Å². The van der Waals surface area contributed by atoms with Crippen LogP contribution in [0, 0.1) is 0 Å². The number of carbonyl (C=O) groups excluding carboxylic acids is 1. The van der Waals surface area contributed by atoms with Crippen molar-refractivity contribution in [2.75, 3.05) is 18.2 Å². The lowest BCUT2D eigenvalue weighted by Gasteiger charge is -2.25. The molecule has 10 nitrogen and oxygen atoms in total. The second-order valence-corrected chi connectivity index (χ2v) is 10.6. The van der Waals surface area contributed by atoms with Crippen LogP contribution in [-0.2, 0) is 9.59 Å². The molecule has 13 heteroatoms. The number of nitrogen functional groups attached to an aromatic ring is 1. The van der Waals surface area contributed by atoms with Gasteiger partial charge in [0, 0.05) is 34.9 Å². The van der Waals surface area contributed by atoms with Crippen molar-refractivity contribution in [2.45, 2.75) is 51.1 Å². The van der Waals surface area contributed by atoms with Crippen molar-refractivity contribution in [1.29, 1.82) is 0 Å². The van der Waals surface area contributed by atoms with E-state index in [1.165, 1.54) is 32.4 Å². The predicted molar refractivity (Wildman–Crippen MR) is 163 cm³/mol. The summed E-state index contributed by atoms with van der Waals surface area (Å²) in [6.07, 6.45) is -3.12. The first-order valence-electron chi connectivity index (χ1n) is 14.0. The number of rotatable bonds is 12. The van der Waals surface area contributed by atoms with Gasteiger partial charge in [0.25, 0.3) is 5.56 Å². The first-order chi connectivity index (χ1) is 21.3. The lowest BCUT2D eigenvalue weighted by molar-refractivity contribution is -0.275. The van der Waals surface area contributed by atoms with Crippen molar-refractivity contribution >= 4 is 34.0 Å². The van der Waals surface area contributed by atoms with Gasteiger partial charge in [0.15, 0.2) is 0 Å². The van der Waals surface area contributed by atoms with Crippen LogP contribution in [0.3, 0.4) is 0 Å². The molecule has 0 spiro atoms. The Hall–Kier alpha value is -5.20. The van der Waals surface area contributed by atoms with Gasteiger partial charge < -0.3 is 35.9 Å². The number of anilines is 2. The van der Waals surface area contributed by atoms with Crippen LogP contribution in [-0.4, -0.2) is 35.4 Å². The van der Waals surface area contributed by atoms with E-state index in [0.717, 1.165) is 11.6 Å². The molecule has 4 rings (SSSR count). The minimum Gasteiger partial charge on any atom is -0.496 e. The number of carbonyl (C=O) groups is 2. The Morgan fingerprint density at radius 2 is 1.76 bits per heavy atom. The Bertz CT molecular complexity index is 1760. The Balaban J connectivity index is 1.72. The monoisotopic (exact) mass is 626 g/mol. The van der Waals surface area contributed by atoms with Gasteiger partial charge in [-0.3, -0.25) is 14.4 Å². The number of alkyl halides is 3. The highest BCUT2D eigenvalue weighted by molar-refractivity contribution is 5.89. The van der Waals surface area contributed by atoms with Crippen molar-refractivity contribution in [3.63, 3.8) is 0 Å². The molecule has 0 aliphatic carbocycles. The molecule has 0 aliphatic heterocycles. The maximum Gasteiger partial charge on any atom is 0.573 e. The minimum atomic E-state index is -4.97. The standard InChI is InChI=1S/C32H33F3N4O6/c1-17(4-11-28(40)41)23-9-6-20(14-27(23)44-3)29(39-22-8-5-19-12-13-37-30(42)25(19)16-22)31(43)38-18(2)24-15-21(36)7-10-26(24)45-32(33,34)35/h5-10,12-18,29,39H,4,11,36H2,1-3H3,(H,37,42)(H,38,43)(H,40,41)/t17-,18+,29?/m0/s1. The zero-order valence-electron chi connectivity index (χ0n) is 24.7. The number of fused-ring (bicyclic) bond motifs is 1. The number of ether oxygens (including phenoxy) is 2. The topological polar surface area (TPSA) is 156 Å². The molecule has 1 aromatic heterocycles. The highest BCUT2D eigenvalue weighted by atomic mass is 19.4. The molecule has 3 atom stereocenters. The quantitative estimate of drug-likeness (QED) is 0.120. The van der Waals surface area contributed by atoms with Gasteiger partial charge in [0.1, 0.15) is 17.5 Å². The number of pyridine rings is 1. The van der Waals surface area contributed by atoms with E-state index >= 15 is 0 Å². The summed E-state index contributed by atoms with van der Waals surface area (Å²) >= 11 is 0. The van der Waals surface area contributed by atoms with Crippen LogP contribution in [0.1, 0.15) is 61.4 Å². The average Bonchev–Trinajstić information content (AvgIpc) is 2.98. The molecule has 3 aromatic carbocycles. The molecule has 0 radical (unpaired) electrons. The summed E-state index contributed by atoms with van der Waals surface area (Å²) in [5.41, 5.74) is 7.30. The van der Waals surface area contributed by atoms with Crippen LogP contribution in [0.5, 0.6) is 11.5 Å². The Morgan fingerprint density at radius 3 is 2.44 bits per heavy atom. The second-order valence-electron chi connectivity index (χ2n) is 10.6.